The highest BCUT2D eigenvalue weighted by molar-refractivity contribution is 9.10. The van der Waals surface area contributed by atoms with Gasteiger partial charge < -0.3 is 5.73 Å². The van der Waals surface area contributed by atoms with Crippen molar-refractivity contribution >= 4 is 15.9 Å². The van der Waals surface area contributed by atoms with Crippen LogP contribution in [0.15, 0.2) is 22.8 Å². The van der Waals surface area contributed by atoms with Gasteiger partial charge in [0.15, 0.2) is 5.82 Å². The molecule has 0 spiro atoms. The molecule has 4 nitrogen and oxygen atoms in total. The number of nitrogens with zero attached hydrogens (tertiary/aromatic N) is 3. The molecule has 0 saturated carbocycles. The van der Waals surface area contributed by atoms with Crippen LogP contribution in [0.25, 0.3) is 5.82 Å². The molecule has 2 N–H and O–H groups in total. The van der Waals surface area contributed by atoms with Gasteiger partial charge in [0.05, 0.1) is 5.69 Å². The Bertz CT molecular complexity index is 516. The van der Waals surface area contributed by atoms with Gasteiger partial charge >= 0.3 is 0 Å². The molecular formula is C12H15BrN4. The van der Waals surface area contributed by atoms with Gasteiger partial charge in [0.25, 0.3) is 0 Å². The zero-order valence-electron chi connectivity index (χ0n) is 9.94. The van der Waals surface area contributed by atoms with Gasteiger partial charge in [-0.1, -0.05) is 0 Å². The lowest BCUT2D eigenvalue weighted by Crippen LogP contribution is -2.05. The van der Waals surface area contributed by atoms with Crippen LogP contribution >= 0.6 is 15.9 Å². The zero-order chi connectivity index (χ0) is 12.4. The molecule has 2 heterocycles. The molecular weight excluding hydrogens is 280 g/mol. The summed E-state index contributed by atoms with van der Waals surface area (Å²) in [6.07, 6.45) is 2.63. The van der Waals surface area contributed by atoms with Crippen molar-refractivity contribution in [1.29, 1.82) is 0 Å². The molecule has 0 bridgehead atoms. The summed E-state index contributed by atoms with van der Waals surface area (Å²) in [7, 11) is 0. The predicted molar refractivity (Wildman–Crippen MR) is 71.3 cm³/mol. The van der Waals surface area contributed by atoms with E-state index in [1.807, 2.05) is 23.7 Å². The molecule has 0 aliphatic heterocycles. The Kier molecular flexibility index (Phi) is 3.59. The second kappa shape index (κ2) is 4.98. The average molecular weight is 295 g/mol. The van der Waals surface area contributed by atoms with Crippen molar-refractivity contribution in [2.45, 2.75) is 20.3 Å². The molecule has 2 aromatic heterocycles. The summed E-state index contributed by atoms with van der Waals surface area (Å²) in [6.45, 7) is 4.70. The Morgan fingerprint density at radius 1 is 1.35 bits per heavy atom. The van der Waals surface area contributed by atoms with Crippen LogP contribution in [0.2, 0.25) is 0 Å². The van der Waals surface area contributed by atoms with E-state index in [-0.39, 0.29) is 0 Å². The van der Waals surface area contributed by atoms with Crippen LogP contribution in [0.5, 0.6) is 0 Å². The van der Waals surface area contributed by atoms with E-state index in [4.69, 9.17) is 5.73 Å². The molecule has 17 heavy (non-hydrogen) atoms. The van der Waals surface area contributed by atoms with Crippen LogP contribution in [0.3, 0.4) is 0 Å². The smallest absolute Gasteiger partial charge is 0.153 e. The summed E-state index contributed by atoms with van der Waals surface area (Å²) >= 11 is 3.37. The van der Waals surface area contributed by atoms with Gasteiger partial charge in [-0.2, -0.15) is 5.10 Å². The maximum atomic E-state index is 5.61. The lowest BCUT2D eigenvalue weighted by Gasteiger charge is -2.04. The van der Waals surface area contributed by atoms with Crippen molar-refractivity contribution in [3.8, 4) is 5.82 Å². The Hall–Kier alpha value is -1.20. The normalized spacial score (nSPS) is 10.8. The first kappa shape index (κ1) is 12.3. The number of hydrogen-bond acceptors (Lipinski definition) is 3. The van der Waals surface area contributed by atoms with E-state index in [0.717, 1.165) is 28.1 Å². The number of aryl methyl sites for hydroxylation is 1. The van der Waals surface area contributed by atoms with Crippen LogP contribution in [-0.4, -0.2) is 21.3 Å². The minimum absolute atomic E-state index is 0.640. The van der Waals surface area contributed by atoms with Gasteiger partial charge in [0, 0.05) is 16.4 Å². The highest BCUT2D eigenvalue weighted by Crippen LogP contribution is 2.18. The van der Waals surface area contributed by atoms with Gasteiger partial charge in [-0.3, -0.25) is 0 Å². The molecule has 5 heteroatoms. The Labute approximate surface area is 109 Å². The molecule has 0 aliphatic rings. The summed E-state index contributed by atoms with van der Waals surface area (Å²) < 4.78 is 2.83. The summed E-state index contributed by atoms with van der Waals surface area (Å²) in [6, 6.07) is 3.90. The van der Waals surface area contributed by atoms with Crippen molar-refractivity contribution < 1.29 is 0 Å². The van der Waals surface area contributed by atoms with Crippen molar-refractivity contribution in [2.24, 2.45) is 5.73 Å². The van der Waals surface area contributed by atoms with E-state index in [1.165, 1.54) is 5.56 Å². The number of pyridine rings is 1. The second-order valence-corrected chi connectivity index (χ2v) is 4.85. The third-order valence-corrected chi connectivity index (χ3v) is 3.23. The SMILES string of the molecule is Cc1nn(-c2ccc(Br)cn2)c(C)c1CCN. The Morgan fingerprint density at radius 3 is 2.71 bits per heavy atom. The molecule has 0 amide bonds. The topological polar surface area (TPSA) is 56.7 Å². The summed E-state index contributed by atoms with van der Waals surface area (Å²) in [5.41, 5.74) is 8.97. The van der Waals surface area contributed by atoms with Crippen LogP contribution in [0.4, 0.5) is 0 Å². The van der Waals surface area contributed by atoms with E-state index < -0.39 is 0 Å². The maximum Gasteiger partial charge on any atom is 0.153 e. The van der Waals surface area contributed by atoms with Gasteiger partial charge in [0.1, 0.15) is 0 Å². The first-order valence-electron chi connectivity index (χ1n) is 5.50. The van der Waals surface area contributed by atoms with Gasteiger partial charge in [-0.15, -0.1) is 0 Å². The molecule has 0 unspecified atom stereocenters. The largest absolute Gasteiger partial charge is 0.330 e. The van der Waals surface area contributed by atoms with Crippen LogP contribution < -0.4 is 5.73 Å². The van der Waals surface area contributed by atoms with Crippen molar-refractivity contribution in [3.05, 3.63) is 39.8 Å². The van der Waals surface area contributed by atoms with Crippen LogP contribution in [0.1, 0.15) is 17.0 Å². The van der Waals surface area contributed by atoms with Crippen LogP contribution in [0, 0.1) is 13.8 Å². The number of rotatable bonds is 3. The quantitative estimate of drug-likeness (QED) is 0.944. The lowest BCUT2D eigenvalue weighted by molar-refractivity contribution is 0.804. The Balaban J connectivity index is 2.46. The zero-order valence-corrected chi connectivity index (χ0v) is 11.5. The van der Waals surface area contributed by atoms with E-state index >= 15 is 0 Å². The molecule has 0 aliphatic carbocycles. The summed E-state index contributed by atoms with van der Waals surface area (Å²) in [5.74, 6) is 0.831. The number of aromatic nitrogens is 3. The number of nitrogens with two attached hydrogens (primary N) is 1. The van der Waals surface area contributed by atoms with Crippen molar-refractivity contribution in [3.63, 3.8) is 0 Å². The van der Waals surface area contributed by atoms with Gasteiger partial charge in [0.2, 0.25) is 0 Å². The Morgan fingerprint density at radius 2 is 2.12 bits per heavy atom. The van der Waals surface area contributed by atoms with Gasteiger partial charge in [-0.05, 0) is 60.4 Å². The number of halogens is 1. The molecule has 0 aromatic carbocycles. The second-order valence-electron chi connectivity index (χ2n) is 3.93. The minimum atomic E-state index is 0.640. The predicted octanol–water partition coefficient (Wildman–Crippen LogP) is 2.15. The average Bonchev–Trinajstić information content (AvgIpc) is 2.59. The summed E-state index contributed by atoms with van der Waals surface area (Å²) in [4.78, 5) is 4.35. The van der Waals surface area contributed by atoms with Crippen molar-refractivity contribution in [1.82, 2.24) is 14.8 Å². The van der Waals surface area contributed by atoms with Crippen molar-refractivity contribution in [2.75, 3.05) is 6.54 Å². The molecule has 0 saturated heterocycles. The molecule has 0 radical (unpaired) electrons. The van der Waals surface area contributed by atoms with Gasteiger partial charge in [-0.25, -0.2) is 9.67 Å². The van der Waals surface area contributed by atoms with E-state index in [2.05, 4.69) is 32.9 Å². The fourth-order valence-corrected chi connectivity index (χ4v) is 2.13. The molecule has 2 rings (SSSR count). The fourth-order valence-electron chi connectivity index (χ4n) is 1.90. The monoisotopic (exact) mass is 294 g/mol. The number of hydrogen-bond donors (Lipinski definition) is 1. The van der Waals surface area contributed by atoms with E-state index in [1.54, 1.807) is 6.20 Å². The first-order valence-corrected chi connectivity index (χ1v) is 6.30. The fraction of sp³-hybridized carbons (Fsp3) is 0.333. The third kappa shape index (κ3) is 2.40. The first-order chi connectivity index (χ1) is 8.13. The van der Waals surface area contributed by atoms with E-state index in [0.29, 0.717) is 6.54 Å². The molecule has 2 aromatic rings. The van der Waals surface area contributed by atoms with E-state index in [9.17, 15) is 0 Å². The third-order valence-electron chi connectivity index (χ3n) is 2.76. The molecule has 0 fully saturated rings. The maximum absolute atomic E-state index is 5.61. The minimum Gasteiger partial charge on any atom is -0.330 e. The molecule has 90 valence electrons. The lowest BCUT2D eigenvalue weighted by atomic mass is 10.1. The highest BCUT2D eigenvalue weighted by Gasteiger charge is 2.12. The standard InChI is InChI=1S/C12H15BrN4/c1-8-11(5-6-14)9(2)17(16-8)12-4-3-10(13)7-15-12/h3-4,7H,5-6,14H2,1-2H3. The van der Waals surface area contributed by atoms with Crippen LogP contribution in [-0.2, 0) is 6.42 Å². The highest BCUT2D eigenvalue weighted by atomic mass is 79.9. The molecule has 0 atom stereocenters. The summed E-state index contributed by atoms with van der Waals surface area (Å²) in [5, 5.41) is 4.51.